The normalized spacial score (nSPS) is 15.8. The highest BCUT2D eigenvalue weighted by atomic mass is 32.1. The first-order valence-electron chi connectivity index (χ1n) is 3.93. The maximum atomic E-state index is 5.75. The average Bonchev–Trinajstić information content (AvgIpc) is 2.29. The Hall–Kier alpha value is -0.900. The van der Waals surface area contributed by atoms with Crippen LogP contribution in [0.15, 0.2) is 0 Å². The molecule has 2 N–H and O–H groups in total. The lowest BCUT2D eigenvalue weighted by Gasteiger charge is -2.01. The second-order valence-corrected chi connectivity index (χ2v) is 3.99. The van der Waals surface area contributed by atoms with Gasteiger partial charge in [-0.3, -0.25) is 0 Å². The molecule has 1 aliphatic rings. The number of nitrogen functional groups attached to an aromatic ring is 1. The molecule has 0 unspecified atom stereocenters. The summed E-state index contributed by atoms with van der Waals surface area (Å²) in [5.74, 6) is 1.59. The first-order valence-corrected chi connectivity index (χ1v) is 4.75. The minimum absolute atomic E-state index is 0.702. The first-order chi connectivity index (χ1) is 5.79. The highest BCUT2D eigenvalue weighted by molar-refractivity contribution is 7.16. The summed E-state index contributed by atoms with van der Waals surface area (Å²) in [6.45, 7) is 3.42. The van der Waals surface area contributed by atoms with E-state index >= 15 is 0 Å². The van der Waals surface area contributed by atoms with Gasteiger partial charge in [-0.15, -0.1) is 11.3 Å². The van der Waals surface area contributed by atoms with Crippen LogP contribution in [-0.4, -0.2) is 13.2 Å². The van der Waals surface area contributed by atoms with E-state index in [0.29, 0.717) is 6.61 Å². The third-order valence-corrected chi connectivity index (χ3v) is 2.69. The lowest BCUT2D eigenvalue weighted by molar-refractivity contribution is 0.296. The molecular formula is C8H11NO2S. The Morgan fingerprint density at radius 1 is 1.25 bits per heavy atom. The topological polar surface area (TPSA) is 44.5 Å². The summed E-state index contributed by atoms with van der Waals surface area (Å²) in [5, 5.41) is 0.726. The molecule has 0 amide bonds. The van der Waals surface area contributed by atoms with Crippen molar-refractivity contribution in [2.75, 3.05) is 18.9 Å². The molecule has 0 bridgehead atoms. The standard InChI is InChI=1S/C8H11NO2S/c1-5-6-7(8(9)12-5)11-4-2-3-10-6/h2-4,9H2,1H3. The maximum absolute atomic E-state index is 5.75. The summed E-state index contributed by atoms with van der Waals surface area (Å²) in [4.78, 5) is 1.10. The molecule has 4 heteroatoms. The van der Waals surface area contributed by atoms with E-state index in [2.05, 4.69) is 0 Å². The molecule has 1 aromatic rings. The van der Waals surface area contributed by atoms with Crippen molar-refractivity contribution >= 4 is 16.3 Å². The zero-order valence-electron chi connectivity index (χ0n) is 6.92. The summed E-state index contributed by atoms with van der Waals surface area (Å²) in [5.41, 5.74) is 5.75. The molecule has 12 heavy (non-hydrogen) atoms. The van der Waals surface area contributed by atoms with Crippen LogP contribution in [0.3, 0.4) is 0 Å². The van der Waals surface area contributed by atoms with E-state index in [9.17, 15) is 0 Å². The van der Waals surface area contributed by atoms with Gasteiger partial charge in [-0.2, -0.15) is 0 Å². The van der Waals surface area contributed by atoms with E-state index in [1.165, 1.54) is 11.3 Å². The van der Waals surface area contributed by atoms with E-state index < -0.39 is 0 Å². The van der Waals surface area contributed by atoms with Gasteiger partial charge in [-0.25, -0.2) is 0 Å². The number of aryl methyl sites for hydroxylation is 1. The summed E-state index contributed by atoms with van der Waals surface area (Å²) < 4.78 is 11.0. The molecule has 0 atom stereocenters. The van der Waals surface area contributed by atoms with Crippen molar-refractivity contribution in [1.82, 2.24) is 0 Å². The Kier molecular flexibility index (Phi) is 1.84. The summed E-state index contributed by atoms with van der Waals surface area (Å²) >= 11 is 1.52. The average molecular weight is 185 g/mol. The zero-order chi connectivity index (χ0) is 8.55. The molecule has 0 saturated heterocycles. The summed E-state index contributed by atoms with van der Waals surface area (Å²) in [7, 11) is 0. The molecule has 0 saturated carbocycles. The second-order valence-electron chi connectivity index (χ2n) is 2.73. The number of rotatable bonds is 0. The van der Waals surface area contributed by atoms with Gasteiger partial charge >= 0.3 is 0 Å². The van der Waals surface area contributed by atoms with Crippen molar-refractivity contribution in [2.24, 2.45) is 0 Å². The summed E-state index contributed by atoms with van der Waals surface area (Å²) in [6, 6.07) is 0. The van der Waals surface area contributed by atoms with Crippen molar-refractivity contribution in [3.05, 3.63) is 4.88 Å². The van der Waals surface area contributed by atoms with Crippen LogP contribution in [-0.2, 0) is 0 Å². The molecule has 0 aliphatic carbocycles. The van der Waals surface area contributed by atoms with Crippen LogP contribution in [0.5, 0.6) is 11.5 Å². The molecule has 0 aromatic carbocycles. The fourth-order valence-corrected chi connectivity index (χ4v) is 2.06. The van der Waals surface area contributed by atoms with Crippen molar-refractivity contribution in [2.45, 2.75) is 13.3 Å². The summed E-state index contributed by atoms with van der Waals surface area (Å²) in [6.07, 6.45) is 0.929. The van der Waals surface area contributed by atoms with Gasteiger partial charge in [0.25, 0.3) is 0 Å². The van der Waals surface area contributed by atoms with Crippen LogP contribution >= 0.6 is 11.3 Å². The minimum atomic E-state index is 0.702. The van der Waals surface area contributed by atoms with E-state index in [0.717, 1.165) is 34.4 Å². The molecule has 1 aliphatic heterocycles. The Balaban J connectivity index is 2.44. The molecule has 0 radical (unpaired) electrons. The zero-order valence-corrected chi connectivity index (χ0v) is 7.74. The van der Waals surface area contributed by atoms with Crippen LogP contribution in [0.2, 0.25) is 0 Å². The molecule has 0 spiro atoms. The molecule has 0 fully saturated rings. The van der Waals surface area contributed by atoms with E-state index in [4.69, 9.17) is 15.2 Å². The van der Waals surface area contributed by atoms with Gasteiger partial charge in [0, 0.05) is 11.3 Å². The Bertz CT molecular complexity index is 269. The fourth-order valence-electron chi connectivity index (χ4n) is 1.24. The second kappa shape index (κ2) is 2.86. The largest absolute Gasteiger partial charge is 0.488 e. The predicted molar refractivity (Wildman–Crippen MR) is 49.1 cm³/mol. The van der Waals surface area contributed by atoms with Crippen molar-refractivity contribution < 1.29 is 9.47 Å². The first kappa shape index (κ1) is 7.73. The van der Waals surface area contributed by atoms with E-state index in [1.54, 1.807) is 0 Å². The van der Waals surface area contributed by atoms with E-state index in [-0.39, 0.29) is 0 Å². The lowest BCUT2D eigenvalue weighted by Crippen LogP contribution is -1.98. The molecule has 66 valence electrons. The number of fused-ring (bicyclic) bond motifs is 1. The maximum Gasteiger partial charge on any atom is 0.195 e. The number of nitrogens with two attached hydrogens (primary N) is 1. The van der Waals surface area contributed by atoms with Gasteiger partial charge in [0.2, 0.25) is 0 Å². The van der Waals surface area contributed by atoms with Gasteiger partial charge in [-0.05, 0) is 6.92 Å². The van der Waals surface area contributed by atoms with E-state index in [1.807, 2.05) is 6.92 Å². The molecule has 1 aromatic heterocycles. The number of anilines is 1. The van der Waals surface area contributed by atoms with Crippen LogP contribution in [0.25, 0.3) is 0 Å². The van der Waals surface area contributed by atoms with Gasteiger partial charge < -0.3 is 15.2 Å². The van der Waals surface area contributed by atoms with Crippen LogP contribution in [0, 0.1) is 6.92 Å². The minimum Gasteiger partial charge on any atom is -0.488 e. The smallest absolute Gasteiger partial charge is 0.195 e. The SMILES string of the molecule is Cc1sc(N)c2c1OCCCO2. The number of thiophene rings is 1. The molecule has 2 heterocycles. The lowest BCUT2D eigenvalue weighted by atomic mass is 10.4. The van der Waals surface area contributed by atoms with Gasteiger partial charge in [0.05, 0.1) is 13.2 Å². The highest BCUT2D eigenvalue weighted by Gasteiger charge is 2.18. The van der Waals surface area contributed by atoms with Crippen molar-refractivity contribution in [3.63, 3.8) is 0 Å². The quantitative estimate of drug-likeness (QED) is 0.670. The van der Waals surface area contributed by atoms with Gasteiger partial charge in [0.1, 0.15) is 5.00 Å². The third kappa shape index (κ3) is 1.12. The number of hydrogen-bond acceptors (Lipinski definition) is 4. The predicted octanol–water partition coefficient (Wildman–Crippen LogP) is 1.80. The highest BCUT2D eigenvalue weighted by Crippen LogP contribution is 2.44. The fraction of sp³-hybridized carbons (Fsp3) is 0.500. The molecular weight excluding hydrogens is 174 g/mol. The Morgan fingerprint density at radius 3 is 2.67 bits per heavy atom. The number of hydrogen-bond donors (Lipinski definition) is 1. The van der Waals surface area contributed by atoms with Crippen LogP contribution < -0.4 is 15.2 Å². The molecule has 2 rings (SSSR count). The Morgan fingerprint density at radius 2 is 1.92 bits per heavy atom. The monoisotopic (exact) mass is 185 g/mol. The van der Waals surface area contributed by atoms with Crippen LogP contribution in [0.4, 0.5) is 5.00 Å². The van der Waals surface area contributed by atoms with Crippen molar-refractivity contribution in [3.8, 4) is 11.5 Å². The molecule has 3 nitrogen and oxygen atoms in total. The van der Waals surface area contributed by atoms with Crippen LogP contribution in [0.1, 0.15) is 11.3 Å². The third-order valence-electron chi connectivity index (χ3n) is 1.79. The Labute approximate surface area is 75.1 Å². The van der Waals surface area contributed by atoms with Gasteiger partial charge in [-0.1, -0.05) is 0 Å². The number of ether oxygens (including phenoxy) is 2. The van der Waals surface area contributed by atoms with Crippen molar-refractivity contribution in [1.29, 1.82) is 0 Å². The van der Waals surface area contributed by atoms with Gasteiger partial charge in [0.15, 0.2) is 11.5 Å².